The van der Waals surface area contributed by atoms with Crippen LogP contribution in [0.4, 0.5) is 5.69 Å². The lowest BCUT2D eigenvalue weighted by molar-refractivity contribution is 0.0693. The van der Waals surface area contributed by atoms with Gasteiger partial charge in [0.2, 0.25) is 0 Å². The summed E-state index contributed by atoms with van der Waals surface area (Å²) in [5.74, 6) is -1.02. The number of hydrogen-bond donors (Lipinski definition) is 2. The van der Waals surface area contributed by atoms with Crippen molar-refractivity contribution in [1.82, 2.24) is 4.98 Å². The molecule has 0 aliphatic heterocycles. The van der Waals surface area contributed by atoms with Gasteiger partial charge in [-0.1, -0.05) is 18.2 Å². The number of rotatable bonds is 5. The van der Waals surface area contributed by atoms with Crippen molar-refractivity contribution in [2.75, 3.05) is 18.0 Å². The number of hydrogen-bond acceptors (Lipinski definition) is 4. The fourth-order valence-corrected chi connectivity index (χ4v) is 2.44. The van der Waals surface area contributed by atoms with E-state index < -0.39 is 11.6 Å². The van der Waals surface area contributed by atoms with Crippen LogP contribution in [-0.4, -0.2) is 39.9 Å². The van der Waals surface area contributed by atoms with E-state index >= 15 is 0 Å². The Hall–Kier alpha value is -2.14. The fraction of sp³-hybridized carbons (Fsp3) is 0.375. The van der Waals surface area contributed by atoms with Crippen molar-refractivity contribution < 1.29 is 15.0 Å². The molecule has 5 nitrogen and oxygen atoms in total. The Balaban J connectivity index is 2.67. The van der Waals surface area contributed by atoms with Gasteiger partial charge in [0.25, 0.3) is 0 Å². The van der Waals surface area contributed by atoms with E-state index in [1.165, 1.54) is 6.20 Å². The quantitative estimate of drug-likeness (QED) is 0.884. The van der Waals surface area contributed by atoms with Gasteiger partial charge < -0.3 is 15.1 Å². The van der Waals surface area contributed by atoms with Gasteiger partial charge in [0, 0.05) is 24.7 Å². The van der Waals surface area contributed by atoms with Gasteiger partial charge in [-0.15, -0.1) is 0 Å². The lowest BCUT2D eigenvalue weighted by Crippen LogP contribution is -2.39. The predicted octanol–water partition coefficient (Wildman–Crippen LogP) is 2.53. The molecule has 0 amide bonds. The van der Waals surface area contributed by atoms with Crippen molar-refractivity contribution in [3.8, 4) is 0 Å². The third kappa shape index (κ3) is 3.31. The van der Waals surface area contributed by atoms with Crippen molar-refractivity contribution >= 4 is 22.6 Å². The third-order valence-corrected chi connectivity index (χ3v) is 3.25. The maximum atomic E-state index is 11.5. The molecule has 0 spiro atoms. The van der Waals surface area contributed by atoms with Gasteiger partial charge >= 0.3 is 5.97 Å². The second kappa shape index (κ2) is 5.69. The number of aliphatic hydroxyl groups is 1. The molecule has 2 aromatic rings. The highest BCUT2D eigenvalue weighted by Gasteiger charge is 2.23. The first-order valence-electron chi connectivity index (χ1n) is 6.92. The molecule has 1 aromatic carbocycles. The van der Waals surface area contributed by atoms with Gasteiger partial charge in [-0.25, -0.2) is 4.79 Å². The number of nitrogens with zero attached hydrogens (tertiary/aromatic N) is 2. The molecule has 0 aliphatic carbocycles. The summed E-state index contributed by atoms with van der Waals surface area (Å²) in [4.78, 5) is 17.6. The Bertz CT molecular complexity index is 662. The second-order valence-corrected chi connectivity index (χ2v) is 5.67. The minimum absolute atomic E-state index is 0.153. The van der Waals surface area contributed by atoms with Crippen molar-refractivity contribution in [2.24, 2.45) is 0 Å². The number of benzene rings is 1. The predicted molar refractivity (Wildman–Crippen MR) is 82.9 cm³/mol. The number of carboxylic acid groups (broad SMARTS) is 1. The maximum absolute atomic E-state index is 11.5. The molecule has 0 fully saturated rings. The number of carbonyl (C=O) groups is 1. The molecule has 0 unspecified atom stereocenters. The van der Waals surface area contributed by atoms with Crippen LogP contribution >= 0.6 is 0 Å². The number of carboxylic acids is 1. The number of aromatic nitrogens is 1. The molecular weight excluding hydrogens is 268 g/mol. The summed E-state index contributed by atoms with van der Waals surface area (Å²) in [6, 6.07) is 7.43. The summed E-state index contributed by atoms with van der Waals surface area (Å²) in [5.41, 5.74) is 0.583. The van der Waals surface area contributed by atoms with E-state index in [4.69, 9.17) is 0 Å². The molecular formula is C16H20N2O3. The van der Waals surface area contributed by atoms with Crippen LogP contribution in [0, 0.1) is 0 Å². The largest absolute Gasteiger partial charge is 0.478 e. The van der Waals surface area contributed by atoms with E-state index in [0.717, 1.165) is 10.9 Å². The topological polar surface area (TPSA) is 73.7 Å². The molecule has 21 heavy (non-hydrogen) atoms. The van der Waals surface area contributed by atoms with Crippen molar-refractivity contribution in [2.45, 2.75) is 26.4 Å². The standard InChI is InChI=1S/C16H20N2O3/c1-4-18(10-16(2,3)21)14-11-7-5-6-8-13(11)17-9-12(14)15(19)20/h5-9,21H,4,10H2,1-3H3,(H,19,20). The minimum atomic E-state index is -1.02. The van der Waals surface area contributed by atoms with E-state index in [1.54, 1.807) is 13.8 Å². The molecule has 1 heterocycles. The molecule has 112 valence electrons. The van der Waals surface area contributed by atoms with Crippen molar-refractivity contribution in [3.63, 3.8) is 0 Å². The highest BCUT2D eigenvalue weighted by Crippen LogP contribution is 2.30. The summed E-state index contributed by atoms with van der Waals surface area (Å²) < 4.78 is 0. The molecule has 0 radical (unpaired) electrons. The van der Waals surface area contributed by atoms with Crippen LogP contribution in [0.5, 0.6) is 0 Å². The van der Waals surface area contributed by atoms with E-state index in [9.17, 15) is 15.0 Å². The van der Waals surface area contributed by atoms with Crippen LogP contribution in [-0.2, 0) is 0 Å². The first kappa shape index (κ1) is 15.3. The number of para-hydroxylation sites is 1. The molecule has 0 aliphatic rings. The van der Waals surface area contributed by atoms with Crippen LogP contribution in [0.2, 0.25) is 0 Å². The average Bonchev–Trinajstić information content (AvgIpc) is 2.42. The van der Waals surface area contributed by atoms with Crippen molar-refractivity contribution in [1.29, 1.82) is 0 Å². The Kier molecular flexibility index (Phi) is 4.14. The lowest BCUT2D eigenvalue weighted by atomic mass is 10.0. The summed E-state index contributed by atoms with van der Waals surface area (Å²) >= 11 is 0. The fourth-order valence-electron chi connectivity index (χ4n) is 2.44. The Morgan fingerprint density at radius 1 is 1.33 bits per heavy atom. The number of anilines is 1. The number of fused-ring (bicyclic) bond motifs is 1. The molecule has 0 bridgehead atoms. The van der Waals surface area contributed by atoms with E-state index in [2.05, 4.69) is 4.98 Å². The molecule has 5 heteroatoms. The second-order valence-electron chi connectivity index (χ2n) is 5.67. The summed E-state index contributed by atoms with van der Waals surface area (Å²) in [5, 5.41) is 20.3. The molecule has 0 saturated carbocycles. The number of likely N-dealkylation sites (N-methyl/N-ethyl adjacent to an activating group) is 1. The van der Waals surface area contributed by atoms with Gasteiger partial charge in [0.05, 0.1) is 16.8 Å². The molecule has 0 saturated heterocycles. The van der Waals surface area contributed by atoms with Crippen molar-refractivity contribution in [3.05, 3.63) is 36.0 Å². The maximum Gasteiger partial charge on any atom is 0.339 e. The zero-order valence-electron chi connectivity index (χ0n) is 12.5. The Morgan fingerprint density at radius 2 is 2.00 bits per heavy atom. The van der Waals surface area contributed by atoms with E-state index in [-0.39, 0.29) is 5.56 Å². The Labute approximate surface area is 123 Å². The van der Waals surface area contributed by atoms with Crippen LogP contribution in [0.15, 0.2) is 30.5 Å². The first-order chi connectivity index (χ1) is 9.83. The summed E-state index contributed by atoms with van der Waals surface area (Å²) in [7, 11) is 0. The van der Waals surface area contributed by atoms with Crippen LogP contribution < -0.4 is 4.90 Å². The monoisotopic (exact) mass is 288 g/mol. The highest BCUT2D eigenvalue weighted by atomic mass is 16.4. The number of aromatic carboxylic acids is 1. The summed E-state index contributed by atoms with van der Waals surface area (Å²) in [6.07, 6.45) is 1.38. The average molecular weight is 288 g/mol. The molecule has 0 atom stereocenters. The van der Waals surface area contributed by atoms with E-state index in [1.807, 2.05) is 36.1 Å². The Morgan fingerprint density at radius 3 is 2.57 bits per heavy atom. The minimum Gasteiger partial charge on any atom is -0.478 e. The smallest absolute Gasteiger partial charge is 0.339 e. The zero-order chi connectivity index (χ0) is 15.6. The SMILES string of the molecule is CCN(CC(C)(C)O)c1c(C(=O)O)cnc2ccccc12. The van der Waals surface area contributed by atoms with Gasteiger partial charge in [0.15, 0.2) is 0 Å². The van der Waals surface area contributed by atoms with Crippen LogP contribution in [0.1, 0.15) is 31.1 Å². The molecule has 2 N–H and O–H groups in total. The van der Waals surface area contributed by atoms with Gasteiger partial charge in [0.1, 0.15) is 5.56 Å². The van der Waals surface area contributed by atoms with E-state index in [0.29, 0.717) is 18.8 Å². The van der Waals surface area contributed by atoms with Gasteiger partial charge in [-0.05, 0) is 26.8 Å². The zero-order valence-corrected chi connectivity index (χ0v) is 12.5. The third-order valence-electron chi connectivity index (χ3n) is 3.25. The van der Waals surface area contributed by atoms with Crippen LogP contribution in [0.25, 0.3) is 10.9 Å². The highest BCUT2D eigenvalue weighted by molar-refractivity contribution is 6.04. The van der Waals surface area contributed by atoms with Crippen LogP contribution in [0.3, 0.4) is 0 Å². The van der Waals surface area contributed by atoms with Gasteiger partial charge in [-0.3, -0.25) is 4.98 Å². The molecule has 2 rings (SSSR count). The first-order valence-corrected chi connectivity index (χ1v) is 6.92. The normalized spacial score (nSPS) is 11.6. The number of pyridine rings is 1. The summed E-state index contributed by atoms with van der Waals surface area (Å²) in [6.45, 7) is 6.29. The lowest BCUT2D eigenvalue weighted by Gasteiger charge is -2.31. The van der Waals surface area contributed by atoms with Gasteiger partial charge in [-0.2, -0.15) is 0 Å². The molecule has 1 aromatic heterocycles.